The molecule has 0 spiro atoms. The first-order chi connectivity index (χ1) is 28.4. The van der Waals surface area contributed by atoms with E-state index in [4.69, 9.17) is 18.6 Å². The number of hydrogen-bond donors (Lipinski definition) is 3. The molecule has 1 atom stereocenters. The molecule has 0 aliphatic rings. The molecule has 0 saturated heterocycles. The van der Waals surface area contributed by atoms with Gasteiger partial charge in [0.05, 0.1) is 24.5 Å². The van der Waals surface area contributed by atoms with E-state index in [1.165, 1.54) is 32.9 Å². The zero-order valence-electron chi connectivity index (χ0n) is 34.2. The molecule has 0 aliphatic carbocycles. The van der Waals surface area contributed by atoms with Crippen molar-refractivity contribution in [1.29, 1.82) is 0 Å². The zero-order valence-corrected chi connectivity index (χ0v) is 36.8. The molecule has 3 N–H and O–H groups in total. The fourth-order valence-electron chi connectivity index (χ4n) is 6.25. The second-order valence-corrected chi connectivity index (χ2v) is 20.8. The second kappa shape index (κ2) is 19.9. The Balaban J connectivity index is 1.58. The average molecular weight is 942 g/mol. The lowest BCUT2D eigenvalue weighted by Gasteiger charge is -2.43. The minimum Gasteiger partial charge on any atom is -0.444 e. The van der Waals surface area contributed by atoms with Crippen LogP contribution < -0.4 is 26.5 Å². The van der Waals surface area contributed by atoms with Crippen molar-refractivity contribution in [1.82, 2.24) is 15.8 Å². The number of pyridine rings is 1. The first-order valence-electron chi connectivity index (χ1n) is 18.9. The second-order valence-electron chi connectivity index (χ2n) is 15.8. The number of nitrogens with zero attached hydrogens (tertiary/aromatic N) is 1. The Labute approximate surface area is 359 Å². The smallest absolute Gasteiger partial charge is 0.429 e. The molecule has 0 fully saturated rings. The number of carbonyl (C=O) groups is 3. The summed E-state index contributed by atoms with van der Waals surface area (Å²) in [6.45, 7) is 8.29. The van der Waals surface area contributed by atoms with E-state index < -0.39 is 84.5 Å². The van der Waals surface area contributed by atoms with Crippen LogP contribution in [-0.4, -0.2) is 68.4 Å². The molecule has 19 heteroatoms. The summed E-state index contributed by atoms with van der Waals surface area (Å²) in [5.74, 6) is -3.44. The third kappa shape index (κ3) is 12.4. The topological polar surface area (TPSA) is 137 Å². The lowest BCUT2D eigenvalue weighted by molar-refractivity contribution is -0.284. The quantitative estimate of drug-likeness (QED) is 0.0355. The highest BCUT2D eigenvalue weighted by atomic mass is 79.9. The number of hydrazine groups is 1. The molecule has 1 aromatic heterocycles. The van der Waals surface area contributed by atoms with Gasteiger partial charge in [-0.15, -0.1) is 0 Å². The lowest BCUT2D eigenvalue weighted by atomic mass is 10.0. The molecule has 3 amide bonds. The Hall–Kier alpha value is -4.82. The first kappa shape index (κ1) is 48.8. The molecule has 61 heavy (non-hydrogen) atoms. The molecule has 0 radical (unpaired) electrons. The van der Waals surface area contributed by atoms with Gasteiger partial charge in [-0.05, 0) is 70.2 Å². The van der Waals surface area contributed by atoms with Gasteiger partial charge >= 0.3 is 18.4 Å². The number of halogens is 7. The molecule has 330 valence electrons. The highest BCUT2D eigenvalue weighted by Gasteiger charge is 2.62. The number of carbonyl (C=O) groups excluding carboxylic acids is 3. The number of alkyl halides is 6. The molecule has 4 rings (SSSR count). The number of nitrogens with one attached hydrogen (secondary N) is 3. The summed E-state index contributed by atoms with van der Waals surface area (Å²) in [4.78, 5) is 43.1. The minimum atomic E-state index is -5.46. The zero-order chi connectivity index (χ0) is 45.3. The van der Waals surface area contributed by atoms with Gasteiger partial charge in [-0.1, -0.05) is 112 Å². The number of benzene rings is 3. The molecule has 0 aliphatic heterocycles. The molecule has 0 bridgehead atoms. The van der Waals surface area contributed by atoms with E-state index in [0.717, 1.165) is 10.4 Å². The summed E-state index contributed by atoms with van der Waals surface area (Å²) < 4.78 is 109. The van der Waals surface area contributed by atoms with Crippen molar-refractivity contribution in [2.75, 3.05) is 25.1 Å². The Morgan fingerprint density at radius 3 is 1.79 bits per heavy atom. The molecule has 4 aromatic rings. The van der Waals surface area contributed by atoms with E-state index in [2.05, 4.69) is 41.7 Å². The standard InChI is InChI=1S/C42H47BrF6N4O7Si/c1-38(2,3)60-37(56)50-32-25-31(41(44,45)46)34(43)51-33(32)35(54)52-53-36(55)40(42(47,48)49,58-26-28-17-10-7-11-18-28)27-57-23-16-24-59-61(39(4,5)6,29-19-12-8-13-20-29)30-21-14-9-15-22-30/h7-15,17-22,25H,16,23-24,26-27H2,1-6H3,(H,50,56)(H,52,54)(H,53,55). The van der Waals surface area contributed by atoms with Crippen LogP contribution in [0.25, 0.3) is 0 Å². The minimum absolute atomic E-state index is 0.0782. The number of amides is 3. The Morgan fingerprint density at radius 2 is 1.30 bits per heavy atom. The fraction of sp³-hybridized carbons (Fsp3) is 0.381. The van der Waals surface area contributed by atoms with Crippen molar-refractivity contribution < 1.29 is 59.4 Å². The predicted octanol–water partition coefficient (Wildman–Crippen LogP) is 8.47. The number of aromatic nitrogens is 1. The lowest BCUT2D eigenvalue weighted by Crippen LogP contribution is -2.66. The van der Waals surface area contributed by atoms with Crippen molar-refractivity contribution in [2.24, 2.45) is 0 Å². The van der Waals surface area contributed by atoms with Crippen molar-refractivity contribution in [3.05, 3.63) is 118 Å². The molecule has 1 heterocycles. The van der Waals surface area contributed by atoms with E-state index in [1.807, 2.05) is 66.0 Å². The SMILES string of the molecule is CC(C)(C)OC(=O)Nc1cc(C(F)(F)F)c(Br)nc1C(=O)NNC(=O)C(COCCCO[Si](c1ccccc1)(c1ccccc1)C(C)(C)C)(OCc1ccccc1)C(F)(F)F. The highest BCUT2D eigenvalue weighted by molar-refractivity contribution is 9.10. The van der Waals surface area contributed by atoms with E-state index >= 15 is 13.2 Å². The van der Waals surface area contributed by atoms with E-state index in [9.17, 15) is 27.6 Å². The number of ether oxygens (including phenoxy) is 3. The summed E-state index contributed by atoms with van der Waals surface area (Å²) in [5, 5.41) is 3.60. The van der Waals surface area contributed by atoms with Gasteiger partial charge in [0.1, 0.15) is 10.2 Å². The van der Waals surface area contributed by atoms with Crippen LogP contribution in [0.15, 0.2) is 102 Å². The van der Waals surface area contributed by atoms with Crippen LogP contribution in [0.4, 0.5) is 36.8 Å². The van der Waals surface area contributed by atoms with Gasteiger partial charge < -0.3 is 18.6 Å². The normalized spacial score (nSPS) is 13.5. The monoisotopic (exact) mass is 940 g/mol. The number of rotatable bonds is 15. The van der Waals surface area contributed by atoms with Crippen molar-refractivity contribution in [3.63, 3.8) is 0 Å². The van der Waals surface area contributed by atoms with Gasteiger partial charge in [-0.25, -0.2) is 9.78 Å². The fourth-order valence-corrected chi connectivity index (χ4v) is 11.4. The highest BCUT2D eigenvalue weighted by Crippen LogP contribution is 2.39. The van der Waals surface area contributed by atoms with Crippen molar-refractivity contribution in [2.45, 2.75) is 83.2 Å². The maximum Gasteiger partial charge on any atom is 0.429 e. The Morgan fingerprint density at radius 1 is 0.754 bits per heavy atom. The largest absolute Gasteiger partial charge is 0.444 e. The maximum absolute atomic E-state index is 15.2. The summed E-state index contributed by atoms with van der Waals surface area (Å²) >= 11 is 2.64. The van der Waals surface area contributed by atoms with Gasteiger partial charge in [0.15, 0.2) is 5.69 Å². The van der Waals surface area contributed by atoms with Gasteiger partial charge in [-0.2, -0.15) is 26.3 Å². The third-order valence-corrected chi connectivity index (χ3v) is 14.7. The number of anilines is 1. The Kier molecular flexibility index (Phi) is 15.9. The van der Waals surface area contributed by atoms with Crippen LogP contribution in [0.2, 0.25) is 5.04 Å². The molecule has 3 aromatic carbocycles. The van der Waals surface area contributed by atoms with Crippen LogP contribution in [0.3, 0.4) is 0 Å². The van der Waals surface area contributed by atoms with E-state index in [0.29, 0.717) is 6.07 Å². The van der Waals surface area contributed by atoms with E-state index in [1.54, 1.807) is 29.1 Å². The molecule has 1 unspecified atom stereocenters. The van der Waals surface area contributed by atoms with Crippen molar-refractivity contribution in [3.8, 4) is 0 Å². The van der Waals surface area contributed by atoms with Gasteiger partial charge in [-0.3, -0.25) is 25.8 Å². The molecular formula is C42H47BrF6N4O7Si. The molecule has 11 nitrogen and oxygen atoms in total. The maximum atomic E-state index is 15.2. The average Bonchev–Trinajstić information content (AvgIpc) is 3.17. The predicted molar refractivity (Wildman–Crippen MR) is 221 cm³/mol. The van der Waals surface area contributed by atoms with Gasteiger partial charge in [0, 0.05) is 13.2 Å². The van der Waals surface area contributed by atoms with Gasteiger partial charge in [0.25, 0.3) is 25.7 Å². The summed E-state index contributed by atoms with van der Waals surface area (Å²) in [5.41, 5.74) is -4.33. The van der Waals surface area contributed by atoms with E-state index in [-0.39, 0.29) is 30.2 Å². The van der Waals surface area contributed by atoms with Crippen LogP contribution in [0, 0.1) is 0 Å². The van der Waals surface area contributed by atoms with Crippen LogP contribution in [0.5, 0.6) is 0 Å². The van der Waals surface area contributed by atoms with Crippen LogP contribution in [0.1, 0.15) is 69.6 Å². The number of hydrogen-bond acceptors (Lipinski definition) is 8. The van der Waals surface area contributed by atoms with Crippen LogP contribution >= 0.6 is 15.9 Å². The Bertz CT molecular complexity index is 2060. The summed E-state index contributed by atoms with van der Waals surface area (Å²) in [6, 6.07) is 27.4. The van der Waals surface area contributed by atoms with Gasteiger partial charge in [0.2, 0.25) is 0 Å². The summed E-state index contributed by atoms with van der Waals surface area (Å²) in [6.07, 6.45) is -11.6. The molecular weight excluding hydrogens is 894 g/mol. The van der Waals surface area contributed by atoms with Crippen LogP contribution in [-0.2, 0) is 36.2 Å². The third-order valence-electron chi connectivity index (χ3n) is 9.05. The molecule has 0 saturated carbocycles. The summed E-state index contributed by atoms with van der Waals surface area (Å²) in [7, 11) is -2.99. The van der Waals surface area contributed by atoms with Crippen molar-refractivity contribution >= 4 is 58.2 Å². The first-order valence-corrected chi connectivity index (χ1v) is 21.6.